The number of hydrogen-bond acceptors (Lipinski definition) is 1. The Morgan fingerprint density at radius 1 is 0.727 bits per heavy atom. The van der Waals surface area contributed by atoms with Crippen molar-refractivity contribution in [2.24, 2.45) is 0 Å². The summed E-state index contributed by atoms with van der Waals surface area (Å²) in [6.07, 6.45) is 3.85. The molecule has 0 aliphatic heterocycles. The zero-order chi connectivity index (χ0) is 15.4. The summed E-state index contributed by atoms with van der Waals surface area (Å²) in [5, 5.41) is 0. The topological polar surface area (TPSA) is 12.9 Å². The summed E-state index contributed by atoms with van der Waals surface area (Å²) in [7, 11) is 0. The average molecular weight is 291 g/mol. The van der Waals surface area contributed by atoms with Gasteiger partial charge in [0, 0.05) is 11.8 Å². The van der Waals surface area contributed by atoms with Crippen molar-refractivity contribution in [1.82, 2.24) is 4.98 Å². The number of rotatable bonds is 4. The maximum Gasteiger partial charge on any atom is 0.212 e. The zero-order valence-electron chi connectivity index (χ0n) is 12.6. The summed E-state index contributed by atoms with van der Waals surface area (Å²) < 4.78 is 12.9. The van der Waals surface area contributed by atoms with Gasteiger partial charge in [0.05, 0.1) is 0 Å². The second-order valence-corrected chi connectivity index (χ2v) is 5.39. The van der Waals surface area contributed by atoms with Crippen molar-refractivity contribution in [1.29, 1.82) is 0 Å². The Balaban J connectivity index is 1.83. The summed E-state index contributed by atoms with van der Waals surface area (Å²) in [6, 6.07) is 20.1. The SMILES string of the molecule is CCCc1ccc(-c2ccc(-c3ccc(F)nc3)cc2)cc1. The van der Waals surface area contributed by atoms with E-state index in [2.05, 4.69) is 48.3 Å². The predicted molar refractivity (Wildman–Crippen MR) is 89.1 cm³/mol. The Hall–Kier alpha value is -2.48. The number of nitrogens with zero attached hydrogens (tertiary/aromatic N) is 1. The highest BCUT2D eigenvalue weighted by Gasteiger charge is 2.02. The maximum atomic E-state index is 12.9. The van der Waals surface area contributed by atoms with Gasteiger partial charge in [-0.2, -0.15) is 4.39 Å². The van der Waals surface area contributed by atoms with Crippen LogP contribution < -0.4 is 0 Å². The fourth-order valence-electron chi connectivity index (χ4n) is 2.55. The lowest BCUT2D eigenvalue weighted by Crippen LogP contribution is -1.85. The van der Waals surface area contributed by atoms with Crippen LogP contribution in [-0.4, -0.2) is 4.98 Å². The number of benzene rings is 2. The van der Waals surface area contributed by atoms with Crippen molar-refractivity contribution in [3.8, 4) is 22.3 Å². The average Bonchev–Trinajstić information content (AvgIpc) is 2.57. The van der Waals surface area contributed by atoms with Crippen LogP contribution >= 0.6 is 0 Å². The standard InChI is InChI=1S/C20H18FN/c1-2-3-15-4-6-16(7-5-15)17-8-10-18(11-9-17)19-12-13-20(21)22-14-19/h4-14H,2-3H2,1H3. The van der Waals surface area contributed by atoms with Gasteiger partial charge in [-0.1, -0.05) is 61.9 Å². The Labute approximate surface area is 130 Å². The first-order valence-corrected chi connectivity index (χ1v) is 7.57. The third kappa shape index (κ3) is 3.22. The van der Waals surface area contributed by atoms with Gasteiger partial charge in [0.25, 0.3) is 0 Å². The zero-order valence-corrected chi connectivity index (χ0v) is 12.6. The number of aryl methyl sites for hydroxylation is 1. The van der Waals surface area contributed by atoms with Crippen LogP contribution in [0.15, 0.2) is 66.9 Å². The van der Waals surface area contributed by atoms with Gasteiger partial charge in [-0.15, -0.1) is 0 Å². The molecule has 2 heteroatoms. The van der Waals surface area contributed by atoms with Gasteiger partial charge in [-0.05, 0) is 40.8 Å². The molecule has 0 fully saturated rings. The Morgan fingerprint density at radius 3 is 1.73 bits per heavy atom. The first kappa shape index (κ1) is 14.5. The molecule has 3 aromatic rings. The van der Waals surface area contributed by atoms with E-state index in [1.165, 1.54) is 29.2 Å². The van der Waals surface area contributed by atoms with Crippen LogP contribution in [0.3, 0.4) is 0 Å². The molecular weight excluding hydrogens is 273 g/mol. The molecule has 0 unspecified atom stereocenters. The Morgan fingerprint density at radius 2 is 1.23 bits per heavy atom. The molecule has 1 aromatic heterocycles. The molecule has 0 aliphatic carbocycles. The molecule has 0 saturated carbocycles. The van der Waals surface area contributed by atoms with E-state index in [0.717, 1.165) is 17.5 Å². The molecule has 0 atom stereocenters. The quantitative estimate of drug-likeness (QED) is 0.578. The van der Waals surface area contributed by atoms with Crippen molar-refractivity contribution in [2.75, 3.05) is 0 Å². The van der Waals surface area contributed by atoms with Crippen LogP contribution in [-0.2, 0) is 6.42 Å². The Bertz CT molecular complexity index is 728. The molecule has 2 aromatic carbocycles. The van der Waals surface area contributed by atoms with Crippen molar-refractivity contribution in [2.45, 2.75) is 19.8 Å². The van der Waals surface area contributed by atoms with Crippen molar-refractivity contribution < 1.29 is 4.39 Å². The minimum Gasteiger partial charge on any atom is -0.228 e. The van der Waals surface area contributed by atoms with Crippen LogP contribution in [0.25, 0.3) is 22.3 Å². The first-order valence-electron chi connectivity index (χ1n) is 7.57. The maximum absolute atomic E-state index is 12.9. The van der Waals surface area contributed by atoms with Crippen LogP contribution in [0.2, 0.25) is 0 Å². The second-order valence-electron chi connectivity index (χ2n) is 5.39. The number of pyridine rings is 1. The number of hydrogen-bond donors (Lipinski definition) is 0. The van der Waals surface area contributed by atoms with E-state index < -0.39 is 5.95 Å². The molecule has 110 valence electrons. The third-order valence-corrected chi connectivity index (χ3v) is 3.77. The predicted octanol–water partition coefficient (Wildman–Crippen LogP) is 5.51. The van der Waals surface area contributed by atoms with E-state index in [4.69, 9.17) is 0 Å². The van der Waals surface area contributed by atoms with Crippen molar-refractivity contribution >= 4 is 0 Å². The minimum absolute atomic E-state index is 0.451. The lowest BCUT2D eigenvalue weighted by molar-refractivity contribution is 0.584. The van der Waals surface area contributed by atoms with Gasteiger partial charge in [0.2, 0.25) is 5.95 Å². The largest absolute Gasteiger partial charge is 0.228 e. The first-order chi connectivity index (χ1) is 10.8. The van der Waals surface area contributed by atoms with E-state index in [1.807, 2.05) is 12.1 Å². The Kier molecular flexibility index (Phi) is 4.29. The van der Waals surface area contributed by atoms with Crippen molar-refractivity contribution in [3.05, 3.63) is 78.4 Å². The molecule has 0 aliphatic rings. The molecule has 0 bridgehead atoms. The van der Waals surface area contributed by atoms with Crippen LogP contribution in [0, 0.1) is 5.95 Å². The second kappa shape index (κ2) is 6.52. The van der Waals surface area contributed by atoms with Crippen LogP contribution in [0.5, 0.6) is 0 Å². The van der Waals surface area contributed by atoms with Gasteiger partial charge in [0.1, 0.15) is 0 Å². The number of halogens is 1. The van der Waals surface area contributed by atoms with E-state index >= 15 is 0 Å². The fourth-order valence-corrected chi connectivity index (χ4v) is 2.55. The molecular formula is C20H18FN. The van der Waals surface area contributed by atoms with Gasteiger partial charge < -0.3 is 0 Å². The number of aromatic nitrogens is 1. The smallest absolute Gasteiger partial charge is 0.212 e. The highest BCUT2D eigenvalue weighted by molar-refractivity contribution is 5.70. The molecule has 0 spiro atoms. The molecule has 1 heterocycles. The van der Waals surface area contributed by atoms with Gasteiger partial charge in [-0.25, -0.2) is 4.98 Å². The molecule has 0 N–H and O–H groups in total. The highest BCUT2D eigenvalue weighted by atomic mass is 19.1. The van der Waals surface area contributed by atoms with Gasteiger partial charge in [-0.3, -0.25) is 0 Å². The summed E-state index contributed by atoms with van der Waals surface area (Å²) in [5.74, 6) is -0.451. The summed E-state index contributed by atoms with van der Waals surface area (Å²) in [6.45, 7) is 2.19. The molecule has 22 heavy (non-hydrogen) atoms. The van der Waals surface area contributed by atoms with E-state index in [9.17, 15) is 4.39 Å². The summed E-state index contributed by atoms with van der Waals surface area (Å²) >= 11 is 0. The van der Waals surface area contributed by atoms with E-state index in [1.54, 1.807) is 12.3 Å². The monoisotopic (exact) mass is 291 g/mol. The lowest BCUT2D eigenvalue weighted by Gasteiger charge is -2.06. The molecule has 1 nitrogen and oxygen atoms in total. The third-order valence-electron chi connectivity index (χ3n) is 3.77. The van der Waals surface area contributed by atoms with E-state index in [-0.39, 0.29) is 0 Å². The van der Waals surface area contributed by atoms with Gasteiger partial charge >= 0.3 is 0 Å². The van der Waals surface area contributed by atoms with E-state index in [0.29, 0.717) is 0 Å². The lowest BCUT2D eigenvalue weighted by atomic mass is 9.99. The highest BCUT2D eigenvalue weighted by Crippen LogP contribution is 2.25. The fraction of sp³-hybridized carbons (Fsp3) is 0.150. The van der Waals surface area contributed by atoms with Crippen molar-refractivity contribution in [3.63, 3.8) is 0 Å². The molecule has 0 amide bonds. The normalized spacial score (nSPS) is 10.6. The van der Waals surface area contributed by atoms with Gasteiger partial charge in [0.15, 0.2) is 0 Å². The molecule has 0 radical (unpaired) electrons. The molecule has 0 saturated heterocycles. The summed E-state index contributed by atoms with van der Waals surface area (Å²) in [5.41, 5.74) is 5.73. The minimum atomic E-state index is -0.451. The van der Waals surface area contributed by atoms with Crippen LogP contribution in [0.4, 0.5) is 4.39 Å². The summed E-state index contributed by atoms with van der Waals surface area (Å²) in [4.78, 5) is 3.70. The molecule has 3 rings (SSSR count). The van der Waals surface area contributed by atoms with Crippen LogP contribution in [0.1, 0.15) is 18.9 Å².